The van der Waals surface area contributed by atoms with Crippen LogP contribution in [0.5, 0.6) is 11.5 Å². The van der Waals surface area contributed by atoms with E-state index in [0.717, 1.165) is 17.7 Å². The highest BCUT2D eigenvalue weighted by Crippen LogP contribution is 2.53. The number of fused-ring (bicyclic) bond motifs is 2. The van der Waals surface area contributed by atoms with Gasteiger partial charge in [0.25, 0.3) is 11.8 Å². The van der Waals surface area contributed by atoms with E-state index in [0.29, 0.717) is 18.5 Å². The van der Waals surface area contributed by atoms with Crippen molar-refractivity contribution < 1.29 is 33.0 Å². The lowest BCUT2D eigenvalue weighted by molar-refractivity contribution is -0.135. The molecular weight excluding hydrogens is 505 g/mol. The number of carbonyl (C=O) groups is 2. The van der Waals surface area contributed by atoms with Crippen LogP contribution in [0.4, 0.5) is 8.78 Å². The first-order valence-electron chi connectivity index (χ1n) is 10.7. The standard InChI is InChI=1S/C24H22Cl2F2N2O5/c1-23(33)10-20(29-21(31)11-34-14-2-4-16(25)18(27)6-14)13-8-24(23,9-13)30-22(32)12-35-15-3-5-17(26)19(28)7-15/h2-7,33H,8-12H2,1H3,(H,29,31)(H,30,32). The molecule has 7 nitrogen and oxygen atoms in total. The summed E-state index contributed by atoms with van der Waals surface area (Å²) in [6, 6.07) is 7.71. The van der Waals surface area contributed by atoms with Crippen molar-refractivity contribution in [1.82, 2.24) is 10.6 Å². The summed E-state index contributed by atoms with van der Waals surface area (Å²) >= 11 is 11.3. The molecule has 2 bridgehead atoms. The second-order valence-electron chi connectivity index (χ2n) is 8.79. The lowest BCUT2D eigenvalue weighted by Gasteiger charge is -2.58. The van der Waals surface area contributed by atoms with Gasteiger partial charge in [0.1, 0.15) is 23.1 Å². The van der Waals surface area contributed by atoms with Crippen molar-refractivity contribution in [3.05, 3.63) is 69.3 Å². The van der Waals surface area contributed by atoms with Crippen LogP contribution >= 0.6 is 23.2 Å². The van der Waals surface area contributed by atoms with Gasteiger partial charge in [-0.05, 0) is 49.6 Å². The summed E-state index contributed by atoms with van der Waals surface area (Å²) in [5.41, 5.74) is -0.794. The number of nitrogens with one attached hydrogen (secondary N) is 2. The van der Waals surface area contributed by atoms with Crippen LogP contribution in [0.3, 0.4) is 0 Å². The molecule has 0 radical (unpaired) electrons. The Morgan fingerprint density at radius 3 is 1.94 bits per heavy atom. The average Bonchev–Trinajstić information content (AvgIpc) is 2.76. The van der Waals surface area contributed by atoms with Crippen LogP contribution in [0, 0.1) is 11.6 Å². The van der Waals surface area contributed by atoms with E-state index in [1.165, 1.54) is 24.3 Å². The predicted octanol–water partition coefficient (Wildman–Crippen LogP) is 3.90. The first-order valence-corrected chi connectivity index (χ1v) is 11.4. The minimum absolute atomic E-state index is 0.0517. The van der Waals surface area contributed by atoms with Gasteiger partial charge in [0, 0.05) is 24.3 Å². The molecule has 1 saturated carbocycles. The third kappa shape index (κ3) is 5.37. The molecule has 0 heterocycles. The zero-order chi connectivity index (χ0) is 25.4. The summed E-state index contributed by atoms with van der Waals surface area (Å²) in [4.78, 5) is 24.8. The van der Waals surface area contributed by atoms with E-state index in [4.69, 9.17) is 32.7 Å². The van der Waals surface area contributed by atoms with Crippen molar-refractivity contribution in [2.24, 2.45) is 0 Å². The van der Waals surface area contributed by atoms with Crippen molar-refractivity contribution in [1.29, 1.82) is 0 Å². The molecule has 0 spiro atoms. The van der Waals surface area contributed by atoms with Gasteiger partial charge in [-0.1, -0.05) is 23.2 Å². The molecule has 2 amide bonds. The van der Waals surface area contributed by atoms with Gasteiger partial charge in [-0.25, -0.2) is 8.78 Å². The number of halogens is 4. The Bertz CT molecular complexity index is 1210. The van der Waals surface area contributed by atoms with Crippen LogP contribution in [0.1, 0.15) is 26.2 Å². The Hall–Kier alpha value is -2.88. The number of benzene rings is 2. The summed E-state index contributed by atoms with van der Waals surface area (Å²) in [6.45, 7) is 0.854. The van der Waals surface area contributed by atoms with Gasteiger partial charge < -0.3 is 25.2 Å². The fourth-order valence-electron chi connectivity index (χ4n) is 4.20. The van der Waals surface area contributed by atoms with Gasteiger partial charge in [0.15, 0.2) is 13.2 Å². The van der Waals surface area contributed by atoms with Crippen LogP contribution in [0.25, 0.3) is 0 Å². The summed E-state index contributed by atoms with van der Waals surface area (Å²) in [5.74, 6) is -1.95. The molecule has 2 aromatic rings. The van der Waals surface area contributed by atoms with Crippen molar-refractivity contribution in [3.63, 3.8) is 0 Å². The Labute approximate surface area is 210 Å². The van der Waals surface area contributed by atoms with Crippen molar-refractivity contribution in [2.45, 2.75) is 37.3 Å². The minimum Gasteiger partial charge on any atom is -0.484 e. The first-order chi connectivity index (χ1) is 16.5. The van der Waals surface area contributed by atoms with E-state index in [-0.39, 0.29) is 41.2 Å². The highest BCUT2D eigenvalue weighted by Gasteiger charge is 2.59. The van der Waals surface area contributed by atoms with E-state index in [1.54, 1.807) is 6.92 Å². The van der Waals surface area contributed by atoms with Gasteiger partial charge in [-0.3, -0.25) is 9.59 Å². The van der Waals surface area contributed by atoms with E-state index >= 15 is 0 Å². The predicted molar refractivity (Wildman–Crippen MR) is 124 cm³/mol. The summed E-state index contributed by atoms with van der Waals surface area (Å²) in [5, 5.41) is 16.5. The Morgan fingerprint density at radius 2 is 1.46 bits per heavy atom. The molecule has 0 saturated heterocycles. The maximum atomic E-state index is 13.5. The van der Waals surface area contributed by atoms with Crippen LogP contribution < -0.4 is 20.1 Å². The topological polar surface area (TPSA) is 96.9 Å². The quantitative estimate of drug-likeness (QED) is 0.484. The molecule has 2 aromatic carbocycles. The van der Waals surface area contributed by atoms with Gasteiger partial charge in [0.05, 0.1) is 21.2 Å². The monoisotopic (exact) mass is 526 g/mol. The number of hydrogen-bond donors (Lipinski definition) is 3. The maximum absolute atomic E-state index is 13.5. The summed E-state index contributed by atoms with van der Waals surface area (Å²) in [7, 11) is 0. The SMILES string of the molecule is CC1(O)CC(NC(=O)COc2ccc(Cl)c(F)c2)=C2CC1(NC(=O)COc1ccc(Cl)c(F)c1)C2. The molecule has 35 heavy (non-hydrogen) atoms. The molecule has 0 aliphatic heterocycles. The highest BCUT2D eigenvalue weighted by atomic mass is 35.5. The van der Waals surface area contributed by atoms with E-state index < -0.39 is 34.6 Å². The van der Waals surface area contributed by atoms with Crippen LogP contribution in [-0.4, -0.2) is 41.3 Å². The van der Waals surface area contributed by atoms with Crippen LogP contribution in [0.15, 0.2) is 47.7 Å². The van der Waals surface area contributed by atoms with Gasteiger partial charge >= 0.3 is 0 Å². The summed E-state index contributed by atoms with van der Waals surface area (Å²) < 4.78 is 37.7. The molecule has 186 valence electrons. The van der Waals surface area contributed by atoms with Crippen molar-refractivity contribution >= 4 is 35.0 Å². The van der Waals surface area contributed by atoms with E-state index in [1.807, 2.05) is 0 Å². The zero-order valence-electron chi connectivity index (χ0n) is 18.6. The van der Waals surface area contributed by atoms with Crippen molar-refractivity contribution in [2.75, 3.05) is 13.2 Å². The molecular formula is C24H22Cl2F2N2O5. The van der Waals surface area contributed by atoms with Gasteiger partial charge in [0.2, 0.25) is 0 Å². The smallest absolute Gasteiger partial charge is 0.262 e. The van der Waals surface area contributed by atoms with Gasteiger partial charge in [-0.2, -0.15) is 0 Å². The molecule has 1 unspecified atom stereocenters. The fourth-order valence-corrected chi connectivity index (χ4v) is 4.44. The second kappa shape index (κ2) is 9.64. The van der Waals surface area contributed by atoms with E-state index in [9.17, 15) is 23.5 Å². The number of hydrogen-bond acceptors (Lipinski definition) is 5. The number of rotatable bonds is 8. The maximum Gasteiger partial charge on any atom is 0.262 e. The average molecular weight is 527 g/mol. The highest BCUT2D eigenvalue weighted by molar-refractivity contribution is 6.31. The molecule has 3 aliphatic rings. The molecule has 0 aromatic heterocycles. The lowest BCUT2D eigenvalue weighted by atomic mass is 9.56. The fraction of sp³-hybridized carbons (Fsp3) is 0.333. The third-order valence-electron chi connectivity index (χ3n) is 6.20. The summed E-state index contributed by atoms with van der Waals surface area (Å²) in [6.07, 6.45) is 0.799. The van der Waals surface area contributed by atoms with Crippen molar-refractivity contribution in [3.8, 4) is 11.5 Å². The van der Waals surface area contributed by atoms with Crippen LogP contribution in [0.2, 0.25) is 10.0 Å². The van der Waals surface area contributed by atoms with Gasteiger partial charge in [-0.15, -0.1) is 0 Å². The Balaban J connectivity index is 1.31. The molecule has 3 N–H and O–H groups in total. The zero-order valence-corrected chi connectivity index (χ0v) is 20.1. The molecule has 11 heteroatoms. The van der Waals surface area contributed by atoms with E-state index in [2.05, 4.69) is 10.6 Å². The first kappa shape index (κ1) is 25.2. The Morgan fingerprint density at radius 1 is 0.943 bits per heavy atom. The molecule has 1 atom stereocenters. The third-order valence-corrected chi connectivity index (χ3v) is 6.81. The molecule has 3 aliphatic carbocycles. The largest absolute Gasteiger partial charge is 0.484 e. The Kier molecular flexibility index (Phi) is 6.95. The number of carbonyl (C=O) groups excluding carboxylic acids is 2. The van der Waals surface area contributed by atoms with Crippen LogP contribution in [-0.2, 0) is 9.59 Å². The number of aliphatic hydroxyl groups is 1. The number of ether oxygens (including phenoxy) is 2. The number of amides is 2. The molecule has 1 fully saturated rings. The molecule has 5 rings (SSSR count). The normalized spacial score (nSPS) is 22.8. The lowest BCUT2D eigenvalue weighted by Crippen LogP contribution is -2.71. The minimum atomic E-state index is -1.35. The second-order valence-corrected chi connectivity index (χ2v) is 9.61.